The first-order valence-electron chi connectivity index (χ1n) is 9.56. The van der Waals surface area contributed by atoms with Gasteiger partial charge in [0.25, 0.3) is 5.91 Å². The molecule has 1 aromatic rings. The zero-order valence-electron chi connectivity index (χ0n) is 15.6. The Morgan fingerprint density at radius 2 is 2.15 bits per heavy atom. The molecule has 1 aliphatic carbocycles. The third-order valence-corrected chi connectivity index (χ3v) is 6.11. The van der Waals surface area contributed by atoms with Gasteiger partial charge in [-0.1, -0.05) is 5.16 Å². The van der Waals surface area contributed by atoms with E-state index in [9.17, 15) is 9.59 Å². The van der Waals surface area contributed by atoms with Crippen LogP contribution in [-0.2, 0) is 16.1 Å². The molecule has 3 heterocycles. The van der Waals surface area contributed by atoms with Crippen LogP contribution in [0.15, 0.2) is 4.52 Å². The van der Waals surface area contributed by atoms with Crippen molar-refractivity contribution in [1.29, 1.82) is 0 Å². The quantitative estimate of drug-likeness (QED) is 0.821. The van der Waals surface area contributed by atoms with Gasteiger partial charge in [-0.05, 0) is 39.0 Å². The Balaban J connectivity index is 1.51. The first kappa shape index (κ1) is 17.5. The molecule has 3 aliphatic rings. The first-order chi connectivity index (χ1) is 12.5. The molecule has 0 N–H and O–H groups in total. The molecule has 0 bridgehead atoms. The number of hydrogen-bond donors (Lipinski definition) is 0. The molecule has 0 aromatic carbocycles. The Morgan fingerprint density at radius 3 is 2.88 bits per heavy atom. The fourth-order valence-corrected chi connectivity index (χ4v) is 4.50. The lowest BCUT2D eigenvalue weighted by atomic mass is 9.73. The average Bonchev–Trinajstić information content (AvgIpc) is 3.42. The number of amides is 2. The van der Waals surface area contributed by atoms with Crippen LogP contribution in [0, 0.1) is 12.3 Å². The molecule has 7 nitrogen and oxygen atoms in total. The fraction of sp³-hybridized carbons (Fsp3) is 0.737. The van der Waals surface area contributed by atoms with Crippen LogP contribution in [0.4, 0.5) is 0 Å². The number of likely N-dealkylation sites (tertiary alicyclic amines) is 2. The Hall–Kier alpha value is -1.89. The number of carbonyl (C=O) groups excluding carboxylic acids is 2. The van der Waals surface area contributed by atoms with Gasteiger partial charge in [-0.2, -0.15) is 0 Å². The molecule has 4 rings (SSSR count). The minimum Gasteiger partial charge on any atom is -0.380 e. The summed E-state index contributed by atoms with van der Waals surface area (Å²) in [5.41, 5.74) is 1.13. The van der Waals surface area contributed by atoms with Crippen molar-refractivity contribution in [3.05, 3.63) is 17.0 Å². The van der Waals surface area contributed by atoms with Crippen LogP contribution in [0.1, 0.15) is 60.3 Å². The fourth-order valence-electron chi connectivity index (χ4n) is 4.50. The highest BCUT2D eigenvalue weighted by atomic mass is 16.5. The number of ether oxygens (including phenoxy) is 1. The normalized spacial score (nSPS) is 26.6. The van der Waals surface area contributed by atoms with Crippen molar-refractivity contribution in [2.45, 2.75) is 58.1 Å². The zero-order chi connectivity index (χ0) is 18.3. The summed E-state index contributed by atoms with van der Waals surface area (Å²) in [6.45, 7) is 4.34. The van der Waals surface area contributed by atoms with Gasteiger partial charge in [0.05, 0.1) is 12.2 Å². The van der Waals surface area contributed by atoms with Crippen LogP contribution in [0.2, 0.25) is 0 Å². The van der Waals surface area contributed by atoms with Gasteiger partial charge in [0.15, 0.2) is 5.69 Å². The van der Waals surface area contributed by atoms with Crippen LogP contribution in [0.5, 0.6) is 0 Å². The Labute approximate surface area is 153 Å². The minimum absolute atomic E-state index is 0.0324. The Morgan fingerprint density at radius 1 is 1.35 bits per heavy atom. The number of aromatic nitrogens is 1. The summed E-state index contributed by atoms with van der Waals surface area (Å²) in [6.07, 6.45) is 5.79. The summed E-state index contributed by atoms with van der Waals surface area (Å²) in [6, 6.07) is 0.442. The third-order valence-electron chi connectivity index (χ3n) is 6.11. The third kappa shape index (κ3) is 3.13. The van der Waals surface area contributed by atoms with Crippen molar-refractivity contribution in [3.8, 4) is 0 Å². The molecule has 26 heavy (non-hydrogen) atoms. The Bertz CT molecular complexity index is 712. The van der Waals surface area contributed by atoms with Crippen molar-refractivity contribution in [2.24, 2.45) is 5.41 Å². The van der Waals surface area contributed by atoms with Crippen LogP contribution in [-0.4, -0.2) is 59.6 Å². The van der Waals surface area contributed by atoms with Crippen LogP contribution >= 0.6 is 0 Å². The molecule has 0 unspecified atom stereocenters. The van der Waals surface area contributed by atoms with Crippen molar-refractivity contribution in [3.63, 3.8) is 0 Å². The van der Waals surface area contributed by atoms with E-state index in [1.807, 2.05) is 4.90 Å². The molecule has 1 saturated carbocycles. The number of aryl methyl sites for hydroxylation is 1. The summed E-state index contributed by atoms with van der Waals surface area (Å²) in [4.78, 5) is 29.3. The topological polar surface area (TPSA) is 75.9 Å². The summed E-state index contributed by atoms with van der Waals surface area (Å²) in [7, 11) is 1.60. The van der Waals surface area contributed by atoms with Gasteiger partial charge in [-0.25, -0.2) is 0 Å². The molecule has 1 atom stereocenters. The molecule has 7 heteroatoms. The lowest BCUT2D eigenvalue weighted by Gasteiger charge is -2.48. The molecule has 142 valence electrons. The molecule has 0 radical (unpaired) electrons. The maximum absolute atomic E-state index is 13.1. The van der Waals surface area contributed by atoms with Gasteiger partial charge in [0.1, 0.15) is 5.76 Å². The van der Waals surface area contributed by atoms with Gasteiger partial charge in [-0.15, -0.1) is 0 Å². The van der Waals surface area contributed by atoms with Crippen LogP contribution in [0.3, 0.4) is 0 Å². The van der Waals surface area contributed by atoms with Gasteiger partial charge >= 0.3 is 0 Å². The average molecular weight is 361 g/mol. The maximum Gasteiger partial charge on any atom is 0.276 e. The first-order valence-corrected chi connectivity index (χ1v) is 9.56. The van der Waals surface area contributed by atoms with E-state index in [0.29, 0.717) is 37.1 Å². The number of hydrogen-bond acceptors (Lipinski definition) is 5. The molecule has 3 fully saturated rings. The molecular weight excluding hydrogens is 334 g/mol. The van der Waals surface area contributed by atoms with E-state index in [1.165, 1.54) is 0 Å². The second-order valence-electron chi connectivity index (χ2n) is 8.08. The van der Waals surface area contributed by atoms with Crippen molar-refractivity contribution < 1.29 is 18.8 Å². The van der Waals surface area contributed by atoms with E-state index in [4.69, 9.17) is 9.26 Å². The Kier molecular flexibility index (Phi) is 4.50. The van der Waals surface area contributed by atoms with Crippen molar-refractivity contribution in [2.75, 3.05) is 26.7 Å². The van der Waals surface area contributed by atoms with Gasteiger partial charge < -0.3 is 19.1 Å². The zero-order valence-corrected chi connectivity index (χ0v) is 15.6. The molecular formula is C19H27N3O4. The predicted octanol–water partition coefficient (Wildman–Crippen LogP) is 2.14. The van der Waals surface area contributed by atoms with Gasteiger partial charge in [0, 0.05) is 44.6 Å². The van der Waals surface area contributed by atoms with E-state index in [0.717, 1.165) is 50.8 Å². The number of piperidine rings is 2. The maximum atomic E-state index is 13.1. The number of nitrogens with zero attached hydrogens (tertiary/aromatic N) is 3. The monoisotopic (exact) mass is 361 g/mol. The standard InChI is InChI=1S/C19H27N3O4/c1-13-15(10-25-2)17(20-26-13)18(24)21-9-3-7-19(11-21)8-6-16(23)22(12-19)14-4-5-14/h14H,3-12H2,1-2H3/t19-/m1/s1. The smallest absolute Gasteiger partial charge is 0.276 e. The summed E-state index contributed by atoms with van der Waals surface area (Å²) < 4.78 is 10.4. The van der Waals surface area contributed by atoms with Gasteiger partial charge in [0.2, 0.25) is 5.91 Å². The number of rotatable bonds is 4. The summed E-state index contributed by atoms with van der Waals surface area (Å²) in [5, 5.41) is 4.00. The lowest BCUT2D eigenvalue weighted by molar-refractivity contribution is -0.139. The van der Waals surface area contributed by atoms with Gasteiger partial charge in [-0.3, -0.25) is 9.59 Å². The molecule has 1 aromatic heterocycles. The minimum atomic E-state index is -0.0807. The summed E-state index contributed by atoms with van der Waals surface area (Å²) in [5.74, 6) is 0.837. The van der Waals surface area contributed by atoms with E-state index < -0.39 is 0 Å². The van der Waals surface area contributed by atoms with E-state index >= 15 is 0 Å². The molecule has 1 spiro atoms. The second kappa shape index (κ2) is 6.68. The summed E-state index contributed by atoms with van der Waals surface area (Å²) >= 11 is 0. The second-order valence-corrected chi connectivity index (χ2v) is 8.08. The van der Waals surface area contributed by atoms with Crippen LogP contribution in [0.25, 0.3) is 0 Å². The van der Waals surface area contributed by atoms with Crippen molar-refractivity contribution >= 4 is 11.8 Å². The molecule has 2 saturated heterocycles. The lowest BCUT2D eigenvalue weighted by Crippen LogP contribution is -2.55. The highest BCUT2D eigenvalue weighted by molar-refractivity contribution is 5.94. The predicted molar refractivity (Wildman–Crippen MR) is 93.5 cm³/mol. The molecule has 2 aliphatic heterocycles. The van der Waals surface area contributed by atoms with E-state index in [2.05, 4.69) is 10.1 Å². The van der Waals surface area contributed by atoms with E-state index in [1.54, 1.807) is 14.0 Å². The van der Waals surface area contributed by atoms with E-state index in [-0.39, 0.29) is 17.2 Å². The number of carbonyl (C=O) groups is 2. The van der Waals surface area contributed by atoms with Crippen molar-refractivity contribution in [1.82, 2.24) is 15.0 Å². The highest BCUT2D eigenvalue weighted by Crippen LogP contribution is 2.42. The number of methoxy groups -OCH3 is 1. The highest BCUT2D eigenvalue weighted by Gasteiger charge is 2.46. The largest absolute Gasteiger partial charge is 0.380 e. The molecule has 2 amide bonds. The SMILES string of the molecule is COCc1c(C(=O)N2CCC[C@@]3(CCC(=O)N(C4CC4)C3)C2)noc1C. The van der Waals surface area contributed by atoms with Crippen LogP contribution < -0.4 is 0 Å².